The van der Waals surface area contributed by atoms with Crippen molar-refractivity contribution in [2.24, 2.45) is 17.8 Å². The smallest absolute Gasteiger partial charge is 0.258 e. The first-order chi connectivity index (χ1) is 9.72. The molecule has 1 N–H and O–H groups in total. The highest BCUT2D eigenvalue weighted by molar-refractivity contribution is 5.77. The summed E-state index contributed by atoms with van der Waals surface area (Å²) < 4.78 is 5.48. The topological polar surface area (TPSA) is 38.3 Å². The van der Waals surface area contributed by atoms with Crippen molar-refractivity contribution >= 4 is 5.91 Å². The van der Waals surface area contributed by atoms with Crippen LogP contribution in [0.1, 0.15) is 32.6 Å². The number of rotatable bonds is 5. The molecule has 0 spiro atoms. The lowest BCUT2D eigenvalue weighted by Gasteiger charge is -2.28. The van der Waals surface area contributed by atoms with Gasteiger partial charge in [0.1, 0.15) is 5.75 Å². The summed E-state index contributed by atoms with van der Waals surface area (Å²) in [5.41, 5.74) is 0. The van der Waals surface area contributed by atoms with E-state index in [4.69, 9.17) is 4.74 Å². The Balaban J connectivity index is 1.44. The molecule has 20 heavy (non-hydrogen) atoms. The molecule has 2 bridgehead atoms. The largest absolute Gasteiger partial charge is 0.484 e. The monoisotopic (exact) mass is 273 g/mol. The molecule has 2 aliphatic carbocycles. The van der Waals surface area contributed by atoms with Crippen molar-refractivity contribution in [3.8, 4) is 5.75 Å². The lowest BCUT2D eigenvalue weighted by molar-refractivity contribution is -0.124. The van der Waals surface area contributed by atoms with Crippen LogP contribution in [0.3, 0.4) is 0 Å². The average molecular weight is 273 g/mol. The zero-order chi connectivity index (χ0) is 13.9. The maximum absolute atomic E-state index is 12.0. The van der Waals surface area contributed by atoms with E-state index in [2.05, 4.69) is 12.2 Å². The minimum absolute atomic E-state index is 0.0101. The van der Waals surface area contributed by atoms with Crippen LogP contribution >= 0.6 is 0 Å². The van der Waals surface area contributed by atoms with Crippen LogP contribution in [0, 0.1) is 17.8 Å². The van der Waals surface area contributed by atoms with E-state index >= 15 is 0 Å². The lowest BCUT2D eigenvalue weighted by Crippen LogP contribution is -2.42. The maximum atomic E-state index is 12.0. The van der Waals surface area contributed by atoms with Gasteiger partial charge in [-0.1, -0.05) is 24.6 Å². The summed E-state index contributed by atoms with van der Waals surface area (Å²) in [6.45, 7) is 2.25. The first-order valence-electron chi connectivity index (χ1n) is 7.69. The fourth-order valence-electron chi connectivity index (χ4n) is 3.97. The molecule has 3 nitrogen and oxygen atoms in total. The molecule has 2 saturated carbocycles. The van der Waals surface area contributed by atoms with Crippen molar-refractivity contribution in [1.82, 2.24) is 5.32 Å². The number of para-hydroxylation sites is 1. The predicted octanol–water partition coefficient (Wildman–Crippen LogP) is 3.01. The number of benzene rings is 1. The highest BCUT2D eigenvalue weighted by Crippen LogP contribution is 2.49. The van der Waals surface area contributed by atoms with Gasteiger partial charge in [0.15, 0.2) is 6.61 Å². The second-order valence-corrected chi connectivity index (χ2v) is 6.30. The molecule has 0 aromatic heterocycles. The van der Waals surface area contributed by atoms with Crippen LogP contribution in [0.25, 0.3) is 0 Å². The Hall–Kier alpha value is -1.51. The molecule has 1 aromatic carbocycles. The zero-order valence-electron chi connectivity index (χ0n) is 12.0. The van der Waals surface area contributed by atoms with Crippen molar-refractivity contribution in [2.75, 3.05) is 6.61 Å². The van der Waals surface area contributed by atoms with Gasteiger partial charge < -0.3 is 10.1 Å². The summed E-state index contributed by atoms with van der Waals surface area (Å²) in [4.78, 5) is 12.0. The fraction of sp³-hybridized carbons (Fsp3) is 0.588. The molecule has 0 heterocycles. The van der Waals surface area contributed by atoms with Crippen LogP contribution in [0.2, 0.25) is 0 Å². The van der Waals surface area contributed by atoms with E-state index in [1.807, 2.05) is 30.3 Å². The van der Waals surface area contributed by atoms with E-state index in [0.717, 1.165) is 17.6 Å². The molecule has 1 aromatic rings. The number of ether oxygens (including phenoxy) is 1. The third-order valence-corrected chi connectivity index (χ3v) is 4.94. The van der Waals surface area contributed by atoms with Gasteiger partial charge in [0.2, 0.25) is 0 Å². The minimum Gasteiger partial charge on any atom is -0.484 e. The van der Waals surface area contributed by atoms with Gasteiger partial charge in [-0.3, -0.25) is 4.79 Å². The van der Waals surface area contributed by atoms with Crippen molar-refractivity contribution in [2.45, 2.75) is 38.6 Å². The van der Waals surface area contributed by atoms with Crippen molar-refractivity contribution in [3.63, 3.8) is 0 Å². The van der Waals surface area contributed by atoms with E-state index in [1.54, 1.807) is 0 Å². The normalized spacial score (nSPS) is 29.1. The first-order valence-corrected chi connectivity index (χ1v) is 7.69. The van der Waals surface area contributed by atoms with Crippen molar-refractivity contribution in [1.29, 1.82) is 0 Å². The van der Waals surface area contributed by atoms with Gasteiger partial charge in [-0.2, -0.15) is 0 Å². The Morgan fingerprint density at radius 2 is 2.10 bits per heavy atom. The van der Waals surface area contributed by atoms with Crippen molar-refractivity contribution < 1.29 is 9.53 Å². The van der Waals surface area contributed by atoms with Crippen LogP contribution in [0.5, 0.6) is 5.75 Å². The van der Waals surface area contributed by atoms with Gasteiger partial charge in [0, 0.05) is 6.04 Å². The predicted molar refractivity (Wildman–Crippen MR) is 78.5 cm³/mol. The minimum atomic E-state index is -0.0101. The molecule has 0 radical (unpaired) electrons. The van der Waals surface area contributed by atoms with Crippen LogP contribution in [0.4, 0.5) is 0 Å². The summed E-state index contributed by atoms with van der Waals surface area (Å²) in [5, 5.41) is 3.11. The molecule has 0 unspecified atom stereocenters. The Morgan fingerprint density at radius 3 is 2.75 bits per heavy atom. The Kier molecular flexibility index (Phi) is 3.95. The Bertz CT molecular complexity index is 459. The molecule has 108 valence electrons. The third-order valence-electron chi connectivity index (χ3n) is 4.94. The number of fused-ring (bicyclic) bond motifs is 2. The number of hydrogen-bond acceptors (Lipinski definition) is 2. The van der Waals surface area contributed by atoms with Gasteiger partial charge in [0.25, 0.3) is 5.91 Å². The van der Waals surface area contributed by atoms with E-state index in [1.165, 1.54) is 25.7 Å². The number of nitrogens with one attached hydrogen (secondary N) is 1. The molecular weight excluding hydrogens is 250 g/mol. The summed E-state index contributed by atoms with van der Waals surface area (Å²) in [5.74, 6) is 3.17. The molecule has 3 heteroatoms. The van der Waals surface area contributed by atoms with E-state index in [0.29, 0.717) is 5.92 Å². The summed E-state index contributed by atoms with van der Waals surface area (Å²) in [6, 6.07) is 9.76. The number of amides is 1. The van der Waals surface area contributed by atoms with Crippen LogP contribution in [0.15, 0.2) is 30.3 Å². The van der Waals surface area contributed by atoms with E-state index in [9.17, 15) is 4.79 Å². The molecule has 0 aliphatic heterocycles. The van der Waals surface area contributed by atoms with Crippen LogP contribution in [-0.2, 0) is 4.79 Å². The van der Waals surface area contributed by atoms with Gasteiger partial charge >= 0.3 is 0 Å². The van der Waals surface area contributed by atoms with Crippen molar-refractivity contribution in [3.05, 3.63) is 30.3 Å². The van der Waals surface area contributed by atoms with Crippen LogP contribution in [-0.4, -0.2) is 18.6 Å². The zero-order valence-corrected chi connectivity index (χ0v) is 12.0. The summed E-state index contributed by atoms with van der Waals surface area (Å²) in [6.07, 6.45) is 5.44. The van der Waals surface area contributed by atoms with Gasteiger partial charge in [-0.05, 0) is 56.1 Å². The number of carbonyl (C=O) groups excluding carboxylic acids is 1. The van der Waals surface area contributed by atoms with Gasteiger partial charge in [-0.15, -0.1) is 0 Å². The molecule has 1 amide bonds. The second kappa shape index (κ2) is 5.86. The second-order valence-electron chi connectivity index (χ2n) is 6.30. The highest BCUT2D eigenvalue weighted by Gasteiger charge is 2.42. The molecule has 4 atom stereocenters. The van der Waals surface area contributed by atoms with E-state index < -0.39 is 0 Å². The van der Waals surface area contributed by atoms with Gasteiger partial charge in [0.05, 0.1) is 0 Å². The quantitative estimate of drug-likeness (QED) is 0.895. The lowest BCUT2D eigenvalue weighted by atomic mass is 9.84. The van der Waals surface area contributed by atoms with Crippen LogP contribution < -0.4 is 10.1 Å². The molecule has 3 rings (SSSR count). The molecule has 2 aliphatic rings. The Morgan fingerprint density at radius 1 is 1.30 bits per heavy atom. The standard InChI is InChI=1S/C17H23NO2/c1-12(16-10-13-7-8-14(16)9-13)18-17(19)11-20-15-5-3-2-4-6-15/h2-6,12-14,16H,7-11H2,1H3,(H,18,19)/t12-,13-,14-,16+/m0/s1. The summed E-state index contributed by atoms with van der Waals surface area (Å²) >= 11 is 0. The molecule has 0 saturated heterocycles. The van der Waals surface area contributed by atoms with E-state index in [-0.39, 0.29) is 18.6 Å². The molecular formula is C17H23NO2. The third kappa shape index (κ3) is 2.97. The molecule has 2 fully saturated rings. The number of carbonyl (C=O) groups is 1. The maximum Gasteiger partial charge on any atom is 0.258 e. The Labute approximate surface area is 120 Å². The SMILES string of the molecule is C[C@H](NC(=O)COc1ccccc1)[C@H]1C[C@H]2CC[C@H]1C2. The summed E-state index contributed by atoms with van der Waals surface area (Å²) in [7, 11) is 0. The van der Waals surface area contributed by atoms with Gasteiger partial charge in [-0.25, -0.2) is 0 Å². The first kappa shape index (κ1) is 13.5. The highest BCUT2D eigenvalue weighted by atomic mass is 16.5. The fourth-order valence-corrected chi connectivity index (χ4v) is 3.97. The number of hydrogen-bond donors (Lipinski definition) is 1. The average Bonchev–Trinajstić information content (AvgIpc) is 3.09.